The summed E-state index contributed by atoms with van der Waals surface area (Å²) in [5.74, 6) is 0.921. The van der Waals surface area contributed by atoms with Crippen LogP contribution in [-0.2, 0) is 4.79 Å². The van der Waals surface area contributed by atoms with Gasteiger partial charge < -0.3 is 11.1 Å². The van der Waals surface area contributed by atoms with Gasteiger partial charge in [0.05, 0.1) is 6.54 Å². The second-order valence-corrected chi connectivity index (χ2v) is 5.52. The SMILES string of the molecule is NCCC1CCN(CC(=O)NC2CCCC2)C1. The molecule has 4 heteroatoms. The smallest absolute Gasteiger partial charge is 0.234 e. The molecule has 1 aliphatic heterocycles. The zero-order valence-electron chi connectivity index (χ0n) is 10.7. The normalized spacial score (nSPS) is 26.5. The van der Waals surface area contributed by atoms with Gasteiger partial charge in [-0.3, -0.25) is 9.69 Å². The average molecular weight is 239 g/mol. The van der Waals surface area contributed by atoms with Crippen LogP contribution < -0.4 is 11.1 Å². The molecule has 2 rings (SSSR count). The van der Waals surface area contributed by atoms with Gasteiger partial charge in [-0.25, -0.2) is 0 Å². The standard InChI is InChI=1S/C13H25N3O/c14-7-5-11-6-8-16(9-11)10-13(17)15-12-3-1-2-4-12/h11-12H,1-10,14H2,(H,15,17). The summed E-state index contributed by atoms with van der Waals surface area (Å²) in [6.45, 7) is 3.46. The summed E-state index contributed by atoms with van der Waals surface area (Å²) < 4.78 is 0. The van der Waals surface area contributed by atoms with Crippen LogP contribution in [0.3, 0.4) is 0 Å². The third kappa shape index (κ3) is 3.96. The second-order valence-electron chi connectivity index (χ2n) is 5.52. The van der Waals surface area contributed by atoms with E-state index in [2.05, 4.69) is 10.2 Å². The summed E-state index contributed by atoms with van der Waals surface area (Å²) in [4.78, 5) is 14.1. The Morgan fingerprint density at radius 3 is 2.76 bits per heavy atom. The third-order valence-electron chi connectivity index (χ3n) is 4.03. The molecule has 1 saturated heterocycles. The first-order chi connectivity index (χ1) is 8.28. The Balaban J connectivity index is 1.65. The Morgan fingerprint density at radius 1 is 1.29 bits per heavy atom. The van der Waals surface area contributed by atoms with E-state index < -0.39 is 0 Å². The molecule has 1 heterocycles. The molecule has 1 saturated carbocycles. The number of hydrogen-bond acceptors (Lipinski definition) is 3. The highest BCUT2D eigenvalue weighted by Gasteiger charge is 2.24. The largest absolute Gasteiger partial charge is 0.352 e. The van der Waals surface area contributed by atoms with Gasteiger partial charge in [-0.1, -0.05) is 12.8 Å². The molecule has 1 unspecified atom stereocenters. The van der Waals surface area contributed by atoms with E-state index in [4.69, 9.17) is 5.73 Å². The van der Waals surface area contributed by atoms with Crippen molar-refractivity contribution in [1.29, 1.82) is 0 Å². The fourth-order valence-corrected chi connectivity index (χ4v) is 3.07. The van der Waals surface area contributed by atoms with Gasteiger partial charge >= 0.3 is 0 Å². The highest BCUT2D eigenvalue weighted by molar-refractivity contribution is 5.78. The molecule has 3 N–H and O–H groups in total. The maximum atomic E-state index is 11.8. The van der Waals surface area contributed by atoms with Crippen LogP contribution in [0.4, 0.5) is 0 Å². The number of likely N-dealkylation sites (tertiary alicyclic amines) is 1. The lowest BCUT2D eigenvalue weighted by Crippen LogP contribution is -2.40. The van der Waals surface area contributed by atoms with Crippen LogP contribution in [0.5, 0.6) is 0 Å². The molecule has 0 radical (unpaired) electrons. The number of nitrogens with two attached hydrogens (primary N) is 1. The van der Waals surface area contributed by atoms with Crippen molar-refractivity contribution in [3.05, 3.63) is 0 Å². The molecule has 0 aromatic rings. The van der Waals surface area contributed by atoms with Crippen LogP contribution in [0.25, 0.3) is 0 Å². The molecule has 17 heavy (non-hydrogen) atoms. The maximum Gasteiger partial charge on any atom is 0.234 e. The number of nitrogens with zero attached hydrogens (tertiary/aromatic N) is 1. The van der Waals surface area contributed by atoms with Gasteiger partial charge in [-0.15, -0.1) is 0 Å². The van der Waals surface area contributed by atoms with Gasteiger partial charge in [-0.2, -0.15) is 0 Å². The van der Waals surface area contributed by atoms with Crippen molar-refractivity contribution < 1.29 is 4.79 Å². The number of carbonyl (C=O) groups excluding carboxylic acids is 1. The number of nitrogens with one attached hydrogen (secondary N) is 1. The van der Waals surface area contributed by atoms with Gasteiger partial charge in [0.15, 0.2) is 0 Å². The summed E-state index contributed by atoms with van der Waals surface area (Å²) in [6.07, 6.45) is 7.18. The maximum absolute atomic E-state index is 11.8. The van der Waals surface area contributed by atoms with Gasteiger partial charge in [-0.05, 0) is 44.7 Å². The molecule has 1 aliphatic carbocycles. The van der Waals surface area contributed by atoms with Crippen molar-refractivity contribution in [2.75, 3.05) is 26.2 Å². The molecule has 0 spiro atoms. The number of hydrogen-bond donors (Lipinski definition) is 2. The zero-order chi connectivity index (χ0) is 12.1. The summed E-state index contributed by atoms with van der Waals surface area (Å²) in [5, 5.41) is 3.15. The zero-order valence-corrected chi connectivity index (χ0v) is 10.7. The number of amides is 1. The van der Waals surface area contributed by atoms with Crippen molar-refractivity contribution >= 4 is 5.91 Å². The van der Waals surface area contributed by atoms with E-state index in [-0.39, 0.29) is 5.91 Å². The monoisotopic (exact) mass is 239 g/mol. The lowest BCUT2D eigenvalue weighted by molar-refractivity contribution is -0.122. The van der Waals surface area contributed by atoms with Gasteiger partial charge in [0.1, 0.15) is 0 Å². The predicted octanol–water partition coefficient (Wildman–Crippen LogP) is 0.716. The highest BCUT2D eigenvalue weighted by atomic mass is 16.2. The van der Waals surface area contributed by atoms with Crippen molar-refractivity contribution in [2.45, 2.75) is 44.6 Å². The Hall–Kier alpha value is -0.610. The fraction of sp³-hybridized carbons (Fsp3) is 0.923. The van der Waals surface area contributed by atoms with Crippen molar-refractivity contribution in [1.82, 2.24) is 10.2 Å². The molecule has 0 aromatic carbocycles. The van der Waals surface area contributed by atoms with E-state index in [1.165, 1.54) is 32.1 Å². The number of carbonyl (C=O) groups is 1. The minimum atomic E-state index is 0.213. The molecule has 2 fully saturated rings. The molecule has 98 valence electrons. The fourth-order valence-electron chi connectivity index (χ4n) is 3.07. The number of rotatable bonds is 5. The van der Waals surface area contributed by atoms with Crippen LogP contribution in [0, 0.1) is 5.92 Å². The topological polar surface area (TPSA) is 58.4 Å². The average Bonchev–Trinajstić information content (AvgIpc) is 2.91. The van der Waals surface area contributed by atoms with Crippen molar-refractivity contribution in [2.24, 2.45) is 11.7 Å². The first-order valence-electron chi connectivity index (χ1n) is 6.99. The van der Waals surface area contributed by atoms with E-state index in [0.29, 0.717) is 18.5 Å². The Morgan fingerprint density at radius 2 is 2.06 bits per heavy atom. The summed E-state index contributed by atoms with van der Waals surface area (Å²) in [6, 6.07) is 0.449. The molecule has 1 atom stereocenters. The first-order valence-corrected chi connectivity index (χ1v) is 6.99. The van der Waals surface area contributed by atoms with Crippen LogP contribution in [0.1, 0.15) is 38.5 Å². The third-order valence-corrected chi connectivity index (χ3v) is 4.03. The molecule has 1 amide bonds. The van der Waals surface area contributed by atoms with Crippen molar-refractivity contribution in [3.8, 4) is 0 Å². The van der Waals surface area contributed by atoms with Crippen LogP contribution in [-0.4, -0.2) is 43.0 Å². The van der Waals surface area contributed by atoms with E-state index >= 15 is 0 Å². The van der Waals surface area contributed by atoms with Crippen LogP contribution >= 0.6 is 0 Å². The van der Waals surface area contributed by atoms with Crippen LogP contribution in [0.2, 0.25) is 0 Å². The Labute approximate surface area is 104 Å². The lowest BCUT2D eigenvalue weighted by atomic mass is 10.1. The summed E-state index contributed by atoms with van der Waals surface area (Å²) in [7, 11) is 0. The first kappa shape index (κ1) is 12.8. The van der Waals surface area contributed by atoms with E-state index in [0.717, 1.165) is 26.1 Å². The highest BCUT2D eigenvalue weighted by Crippen LogP contribution is 2.19. The minimum Gasteiger partial charge on any atom is -0.352 e. The van der Waals surface area contributed by atoms with Gasteiger partial charge in [0, 0.05) is 12.6 Å². The molecule has 2 aliphatic rings. The quantitative estimate of drug-likeness (QED) is 0.743. The lowest BCUT2D eigenvalue weighted by Gasteiger charge is -2.18. The molecule has 4 nitrogen and oxygen atoms in total. The molecule has 0 aromatic heterocycles. The summed E-state index contributed by atoms with van der Waals surface area (Å²) in [5.41, 5.74) is 5.57. The molecular formula is C13H25N3O. The van der Waals surface area contributed by atoms with E-state index in [9.17, 15) is 4.79 Å². The summed E-state index contributed by atoms with van der Waals surface area (Å²) >= 11 is 0. The predicted molar refractivity (Wildman–Crippen MR) is 68.6 cm³/mol. The molecular weight excluding hydrogens is 214 g/mol. The van der Waals surface area contributed by atoms with Gasteiger partial charge in [0.25, 0.3) is 0 Å². The Kier molecular flexibility index (Phi) is 4.80. The minimum absolute atomic E-state index is 0.213. The van der Waals surface area contributed by atoms with E-state index in [1.807, 2.05) is 0 Å². The molecule has 0 bridgehead atoms. The van der Waals surface area contributed by atoms with E-state index in [1.54, 1.807) is 0 Å². The van der Waals surface area contributed by atoms with Gasteiger partial charge in [0.2, 0.25) is 5.91 Å². The van der Waals surface area contributed by atoms with Crippen molar-refractivity contribution in [3.63, 3.8) is 0 Å². The second kappa shape index (κ2) is 6.36. The Bertz CT molecular complexity index is 251. The van der Waals surface area contributed by atoms with Crippen LogP contribution in [0.15, 0.2) is 0 Å².